The molecule has 1 N–H and O–H groups in total. The van der Waals surface area contributed by atoms with Crippen molar-refractivity contribution in [3.63, 3.8) is 0 Å². The fraction of sp³-hybridized carbons (Fsp3) is 0.333. The van der Waals surface area contributed by atoms with Crippen molar-refractivity contribution in [2.75, 3.05) is 52.3 Å². The number of hydrogen-bond donors (Lipinski definition) is 1. The minimum Gasteiger partial charge on any atom is -0.493 e. The molecule has 1 aliphatic rings. The minimum atomic E-state index is -0.363. The SMILES string of the molecule is COc1cc(C(=S)N2CCN(C)CC2)cc(I)c1OCC(=O)Nc1ccc(F)cc1. The topological polar surface area (TPSA) is 54.0 Å². The van der Waals surface area contributed by atoms with Crippen LogP contribution in [0.5, 0.6) is 11.5 Å². The predicted molar refractivity (Wildman–Crippen MR) is 127 cm³/mol. The maximum Gasteiger partial charge on any atom is 0.262 e. The van der Waals surface area contributed by atoms with Gasteiger partial charge in [0.25, 0.3) is 5.91 Å². The van der Waals surface area contributed by atoms with Gasteiger partial charge in [-0.15, -0.1) is 0 Å². The lowest BCUT2D eigenvalue weighted by atomic mass is 10.1. The Hall–Kier alpha value is -1.98. The molecule has 0 saturated carbocycles. The molecule has 0 unspecified atom stereocenters. The van der Waals surface area contributed by atoms with Crippen LogP contribution in [0.3, 0.4) is 0 Å². The second-order valence-corrected chi connectivity index (χ2v) is 8.48. The van der Waals surface area contributed by atoms with Crippen molar-refractivity contribution in [3.8, 4) is 11.5 Å². The van der Waals surface area contributed by atoms with Crippen LogP contribution < -0.4 is 14.8 Å². The highest BCUT2D eigenvalue weighted by molar-refractivity contribution is 14.1. The van der Waals surface area contributed by atoms with E-state index >= 15 is 0 Å². The summed E-state index contributed by atoms with van der Waals surface area (Å²) in [4.78, 5) is 17.4. The highest BCUT2D eigenvalue weighted by Gasteiger charge is 2.21. The summed E-state index contributed by atoms with van der Waals surface area (Å²) in [5, 5.41) is 2.67. The van der Waals surface area contributed by atoms with Crippen LogP contribution in [0.15, 0.2) is 36.4 Å². The number of amides is 1. The summed E-state index contributed by atoms with van der Waals surface area (Å²) in [5.41, 5.74) is 1.39. The smallest absolute Gasteiger partial charge is 0.262 e. The number of anilines is 1. The van der Waals surface area contributed by atoms with E-state index in [2.05, 4.69) is 44.8 Å². The van der Waals surface area contributed by atoms with Gasteiger partial charge >= 0.3 is 0 Å². The van der Waals surface area contributed by atoms with Gasteiger partial charge in [0.15, 0.2) is 18.1 Å². The van der Waals surface area contributed by atoms with Crippen LogP contribution in [0.25, 0.3) is 0 Å². The molecule has 1 amide bonds. The molecule has 1 fully saturated rings. The Morgan fingerprint density at radius 3 is 2.50 bits per heavy atom. The molecule has 1 heterocycles. The van der Waals surface area contributed by atoms with Crippen LogP contribution >= 0.6 is 34.8 Å². The van der Waals surface area contributed by atoms with Gasteiger partial charge in [0.1, 0.15) is 10.8 Å². The van der Waals surface area contributed by atoms with Gasteiger partial charge in [0.2, 0.25) is 0 Å². The number of ether oxygens (including phenoxy) is 2. The van der Waals surface area contributed by atoms with Gasteiger partial charge in [0.05, 0.1) is 10.7 Å². The van der Waals surface area contributed by atoms with Gasteiger partial charge in [-0.25, -0.2) is 4.39 Å². The van der Waals surface area contributed by atoms with Crippen LogP contribution in [0.2, 0.25) is 0 Å². The molecule has 0 spiro atoms. The number of methoxy groups -OCH3 is 1. The van der Waals surface area contributed by atoms with Crippen molar-refractivity contribution < 1.29 is 18.7 Å². The second kappa shape index (κ2) is 10.4. The molecule has 0 radical (unpaired) electrons. The molecule has 0 bridgehead atoms. The van der Waals surface area contributed by atoms with Crippen LogP contribution in [0.4, 0.5) is 10.1 Å². The van der Waals surface area contributed by atoms with Crippen molar-refractivity contribution in [2.45, 2.75) is 0 Å². The summed E-state index contributed by atoms with van der Waals surface area (Å²) in [6.07, 6.45) is 0. The van der Waals surface area contributed by atoms with E-state index in [4.69, 9.17) is 21.7 Å². The number of rotatable bonds is 6. The highest BCUT2D eigenvalue weighted by Crippen LogP contribution is 2.34. The Balaban J connectivity index is 1.67. The lowest BCUT2D eigenvalue weighted by molar-refractivity contribution is -0.118. The number of halogens is 2. The third-order valence-corrected chi connectivity index (χ3v) is 6.04. The maximum atomic E-state index is 13.0. The summed E-state index contributed by atoms with van der Waals surface area (Å²) in [7, 11) is 3.66. The molecule has 0 aliphatic carbocycles. The molecule has 0 aromatic heterocycles. The van der Waals surface area contributed by atoms with Crippen molar-refractivity contribution in [2.24, 2.45) is 0 Å². The Kier molecular flexibility index (Phi) is 7.84. The zero-order valence-electron chi connectivity index (χ0n) is 16.8. The zero-order valence-corrected chi connectivity index (χ0v) is 19.8. The maximum absolute atomic E-state index is 13.0. The fourth-order valence-electron chi connectivity index (χ4n) is 3.04. The number of piperazine rings is 1. The quantitative estimate of drug-likeness (QED) is 0.446. The van der Waals surface area contributed by atoms with E-state index in [0.717, 1.165) is 40.3 Å². The molecule has 30 heavy (non-hydrogen) atoms. The van der Waals surface area contributed by atoms with Crippen LogP contribution in [0.1, 0.15) is 5.56 Å². The van der Waals surface area contributed by atoms with E-state index < -0.39 is 0 Å². The first-order valence-electron chi connectivity index (χ1n) is 9.41. The van der Waals surface area contributed by atoms with Gasteiger partial charge < -0.3 is 24.6 Å². The first kappa shape index (κ1) is 22.7. The van der Waals surface area contributed by atoms with Crippen LogP contribution in [-0.2, 0) is 4.79 Å². The Labute approximate surface area is 194 Å². The Bertz CT molecular complexity index is 918. The largest absolute Gasteiger partial charge is 0.493 e. The molecule has 1 aliphatic heterocycles. The molecule has 6 nitrogen and oxygen atoms in total. The summed E-state index contributed by atoms with van der Waals surface area (Å²) in [6, 6.07) is 9.33. The number of likely N-dealkylation sites (N-methyl/N-ethyl adjacent to an activating group) is 1. The molecular weight excluding hydrogens is 520 g/mol. The third kappa shape index (κ3) is 5.79. The van der Waals surface area contributed by atoms with Crippen molar-refractivity contribution >= 4 is 51.4 Å². The second-order valence-electron chi connectivity index (χ2n) is 6.93. The minimum absolute atomic E-state index is 0.202. The van der Waals surface area contributed by atoms with Crippen molar-refractivity contribution in [1.82, 2.24) is 9.80 Å². The first-order chi connectivity index (χ1) is 14.4. The average Bonchev–Trinajstić information content (AvgIpc) is 2.74. The normalized spacial score (nSPS) is 14.3. The molecule has 2 aromatic carbocycles. The molecular formula is C21H23FIN3O3S. The monoisotopic (exact) mass is 543 g/mol. The fourth-order valence-corrected chi connectivity index (χ4v) is 4.10. The predicted octanol–water partition coefficient (Wildman–Crippen LogP) is 3.38. The van der Waals surface area contributed by atoms with E-state index in [1.165, 1.54) is 24.3 Å². The number of nitrogens with one attached hydrogen (secondary N) is 1. The lowest BCUT2D eigenvalue weighted by Crippen LogP contribution is -2.46. The summed E-state index contributed by atoms with van der Waals surface area (Å²) in [5.74, 6) is 0.287. The molecule has 2 aromatic rings. The zero-order chi connectivity index (χ0) is 21.7. The number of benzene rings is 2. The van der Waals surface area contributed by atoms with E-state index in [1.54, 1.807) is 7.11 Å². The number of carbonyl (C=O) groups is 1. The number of thiocarbonyl (C=S) groups is 1. The van der Waals surface area contributed by atoms with Crippen LogP contribution in [0, 0.1) is 9.39 Å². The molecule has 0 atom stereocenters. The number of carbonyl (C=O) groups excluding carboxylic acids is 1. The average molecular weight is 543 g/mol. The highest BCUT2D eigenvalue weighted by atomic mass is 127. The van der Waals surface area contributed by atoms with Gasteiger partial charge in [0, 0.05) is 37.4 Å². The standard InChI is InChI=1S/C21H23FIN3O3S/c1-25-7-9-26(10-8-25)21(30)14-11-17(23)20(18(12-14)28-2)29-13-19(27)24-16-5-3-15(22)4-6-16/h3-6,11-12H,7-10,13H2,1-2H3,(H,24,27). The lowest BCUT2D eigenvalue weighted by Gasteiger charge is -2.34. The first-order valence-corrected chi connectivity index (χ1v) is 10.9. The van der Waals surface area contributed by atoms with E-state index in [0.29, 0.717) is 17.2 Å². The third-order valence-electron chi connectivity index (χ3n) is 4.74. The summed E-state index contributed by atoms with van der Waals surface area (Å²) in [6.45, 7) is 3.51. The van der Waals surface area contributed by atoms with Gasteiger partial charge in [-0.05, 0) is 66.0 Å². The van der Waals surface area contributed by atoms with Gasteiger partial charge in [-0.3, -0.25) is 4.79 Å². The van der Waals surface area contributed by atoms with E-state index in [1.807, 2.05) is 12.1 Å². The van der Waals surface area contributed by atoms with Gasteiger partial charge in [-0.1, -0.05) is 12.2 Å². The van der Waals surface area contributed by atoms with Crippen molar-refractivity contribution in [1.29, 1.82) is 0 Å². The Morgan fingerprint density at radius 1 is 1.20 bits per heavy atom. The Morgan fingerprint density at radius 2 is 1.87 bits per heavy atom. The van der Waals surface area contributed by atoms with E-state index in [9.17, 15) is 9.18 Å². The molecule has 160 valence electrons. The number of nitrogens with zero attached hydrogens (tertiary/aromatic N) is 2. The van der Waals surface area contributed by atoms with Gasteiger partial charge in [-0.2, -0.15) is 0 Å². The molecule has 9 heteroatoms. The molecule has 3 rings (SSSR count). The summed E-state index contributed by atoms with van der Waals surface area (Å²) < 4.78 is 25.0. The van der Waals surface area contributed by atoms with E-state index in [-0.39, 0.29) is 18.3 Å². The molecule has 1 saturated heterocycles. The van der Waals surface area contributed by atoms with Crippen molar-refractivity contribution in [3.05, 3.63) is 51.3 Å². The van der Waals surface area contributed by atoms with Crippen LogP contribution in [-0.4, -0.2) is 67.6 Å². The number of hydrogen-bond acceptors (Lipinski definition) is 5. The summed E-state index contributed by atoms with van der Waals surface area (Å²) >= 11 is 7.85.